The first-order valence-corrected chi connectivity index (χ1v) is 6.04. The average Bonchev–Trinajstić information content (AvgIpc) is 2.72. The van der Waals surface area contributed by atoms with Crippen molar-refractivity contribution in [2.45, 2.75) is 25.4 Å². The summed E-state index contributed by atoms with van der Waals surface area (Å²) in [6, 6.07) is 0.850. The standard InChI is InChI=1S/C11H12ClF3N4/c1-6(2-3-16)9-17-18-10-8(12)4-7(5-19(9)10)11(13,14)15/h4-6H,2-3,16H2,1H3. The van der Waals surface area contributed by atoms with Crippen LogP contribution < -0.4 is 5.73 Å². The summed E-state index contributed by atoms with van der Waals surface area (Å²) in [6.45, 7) is 2.25. The number of nitrogens with two attached hydrogens (primary N) is 1. The highest BCUT2D eigenvalue weighted by Crippen LogP contribution is 2.33. The molecule has 0 aliphatic rings. The van der Waals surface area contributed by atoms with Gasteiger partial charge in [-0.3, -0.25) is 4.40 Å². The summed E-state index contributed by atoms with van der Waals surface area (Å²) in [5, 5.41) is 7.65. The topological polar surface area (TPSA) is 56.2 Å². The van der Waals surface area contributed by atoms with E-state index in [0.29, 0.717) is 18.8 Å². The Balaban J connectivity index is 2.60. The molecule has 0 radical (unpaired) electrons. The van der Waals surface area contributed by atoms with E-state index in [1.165, 1.54) is 4.40 Å². The molecule has 0 spiro atoms. The number of fused-ring (bicyclic) bond motifs is 1. The van der Waals surface area contributed by atoms with Gasteiger partial charge < -0.3 is 5.73 Å². The van der Waals surface area contributed by atoms with E-state index in [1.807, 2.05) is 6.92 Å². The lowest BCUT2D eigenvalue weighted by Gasteiger charge is -2.11. The molecule has 19 heavy (non-hydrogen) atoms. The maximum atomic E-state index is 12.8. The Hall–Kier alpha value is -1.34. The Kier molecular flexibility index (Phi) is 3.69. The Morgan fingerprint density at radius 1 is 1.42 bits per heavy atom. The SMILES string of the molecule is CC(CCN)c1nnc2c(Cl)cc(C(F)(F)F)cn12. The Labute approximate surface area is 112 Å². The zero-order valence-electron chi connectivity index (χ0n) is 10.1. The first-order valence-electron chi connectivity index (χ1n) is 5.66. The van der Waals surface area contributed by atoms with Crippen LogP contribution in [0.5, 0.6) is 0 Å². The second-order valence-electron chi connectivity index (χ2n) is 4.30. The molecule has 0 fully saturated rings. The van der Waals surface area contributed by atoms with E-state index in [2.05, 4.69) is 10.2 Å². The zero-order chi connectivity index (χ0) is 14.2. The van der Waals surface area contributed by atoms with E-state index in [4.69, 9.17) is 17.3 Å². The van der Waals surface area contributed by atoms with Crippen molar-refractivity contribution >= 4 is 17.2 Å². The number of nitrogens with zero attached hydrogens (tertiary/aromatic N) is 3. The minimum Gasteiger partial charge on any atom is -0.330 e. The van der Waals surface area contributed by atoms with Crippen LogP contribution >= 0.6 is 11.6 Å². The van der Waals surface area contributed by atoms with Crippen molar-refractivity contribution < 1.29 is 13.2 Å². The van der Waals surface area contributed by atoms with Crippen molar-refractivity contribution in [3.63, 3.8) is 0 Å². The Morgan fingerprint density at radius 3 is 2.68 bits per heavy atom. The third-order valence-corrected chi connectivity index (χ3v) is 3.13. The van der Waals surface area contributed by atoms with Gasteiger partial charge in [0.2, 0.25) is 0 Å². The van der Waals surface area contributed by atoms with Gasteiger partial charge in [-0.2, -0.15) is 13.2 Å². The Morgan fingerprint density at radius 2 is 2.11 bits per heavy atom. The van der Waals surface area contributed by atoms with E-state index >= 15 is 0 Å². The molecule has 0 aliphatic carbocycles. The molecule has 1 unspecified atom stereocenters. The molecule has 2 heterocycles. The minimum atomic E-state index is -4.46. The van der Waals surface area contributed by atoms with Crippen molar-refractivity contribution in [1.29, 1.82) is 0 Å². The first kappa shape index (κ1) is 14.1. The van der Waals surface area contributed by atoms with Crippen LogP contribution in [0, 0.1) is 0 Å². The van der Waals surface area contributed by atoms with Crippen molar-refractivity contribution in [2.24, 2.45) is 5.73 Å². The lowest BCUT2D eigenvalue weighted by molar-refractivity contribution is -0.137. The molecule has 2 aromatic rings. The van der Waals surface area contributed by atoms with Crippen LogP contribution in [0.3, 0.4) is 0 Å². The lowest BCUT2D eigenvalue weighted by Crippen LogP contribution is -2.10. The molecule has 104 valence electrons. The molecule has 0 aromatic carbocycles. The molecule has 1 atom stereocenters. The summed E-state index contributed by atoms with van der Waals surface area (Å²) in [5.74, 6) is 0.327. The fraction of sp³-hybridized carbons (Fsp3) is 0.455. The molecule has 4 nitrogen and oxygen atoms in total. The van der Waals surface area contributed by atoms with E-state index in [9.17, 15) is 13.2 Å². The third-order valence-electron chi connectivity index (χ3n) is 2.85. The van der Waals surface area contributed by atoms with Crippen molar-refractivity contribution in [1.82, 2.24) is 14.6 Å². The van der Waals surface area contributed by atoms with Crippen LogP contribution in [0.4, 0.5) is 13.2 Å². The van der Waals surface area contributed by atoms with Gasteiger partial charge in [-0.1, -0.05) is 18.5 Å². The first-order chi connectivity index (χ1) is 8.84. The molecule has 0 saturated heterocycles. The van der Waals surface area contributed by atoms with Crippen molar-refractivity contribution in [2.75, 3.05) is 6.54 Å². The summed E-state index contributed by atoms with van der Waals surface area (Å²) in [6.07, 6.45) is -2.89. The zero-order valence-corrected chi connectivity index (χ0v) is 10.8. The number of alkyl halides is 3. The number of halogens is 4. The number of hydrogen-bond acceptors (Lipinski definition) is 3. The predicted octanol–water partition coefficient (Wildman–Crippen LogP) is 2.85. The van der Waals surface area contributed by atoms with Gasteiger partial charge in [0, 0.05) is 12.1 Å². The number of aromatic nitrogens is 3. The van der Waals surface area contributed by atoms with Crippen LogP contribution in [0.1, 0.15) is 30.7 Å². The summed E-state index contributed by atoms with van der Waals surface area (Å²) < 4.78 is 39.5. The van der Waals surface area contributed by atoms with Gasteiger partial charge in [-0.05, 0) is 19.0 Å². The van der Waals surface area contributed by atoms with E-state index in [1.54, 1.807) is 0 Å². The summed E-state index contributed by atoms with van der Waals surface area (Å²) in [4.78, 5) is 0. The second-order valence-corrected chi connectivity index (χ2v) is 4.71. The maximum absolute atomic E-state index is 12.8. The lowest BCUT2D eigenvalue weighted by atomic mass is 10.1. The van der Waals surface area contributed by atoms with Crippen molar-refractivity contribution in [3.05, 3.63) is 28.7 Å². The molecule has 0 aliphatic heterocycles. The van der Waals surface area contributed by atoms with Gasteiger partial charge in [0.05, 0.1) is 10.6 Å². The van der Waals surface area contributed by atoms with Crippen LogP contribution in [-0.2, 0) is 6.18 Å². The van der Waals surface area contributed by atoms with Gasteiger partial charge in [-0.25, -0.2) is 0 Å². The average molecular weight is 293 g/mol. The molecule has 2 aromatic heterocycles. The maximum Gasteiger partial charge on any atom is 0.417 e. The van der Waals surface area contributed by atoms with Crippen LogP contribution in [0.25, 0.3) is 5.65 Å². The minimum absolute atomic E-state index is 0.0754. The highest BCUT2D eigenvalue weighted by atomic mass is 35.5. The van der Waals surface area contributed by atoms with Gasteiger partial charge in [0.1, 0.15) is 5.82 Å². The molecule has 8 heteroatoms. The molecule has 0 bridgehead atoms. The normalized spacial score (nSPS) is 14.0. The fourth-order valence-corrected chi connectivity index (χ4v) is 2.09. The molecular formula is C11H12ClF3N4. The molecular weight excluding hydrogens is 281 g/mol. The third kappa shape index (κ3) is 2.66. The van der Waals surface area contributed by atoms with Gasteiger partial charge >= 0.3 is 6.18 Å². The largest absolute Gasteiger partial charge is 0.417 e. The van der Waals surface area contributed by atoms with E-state index in [0.717, 1.165) is 12.3 Å². The highest BCUT2D eigenvalue weighted by Gasteiger charge is 2.32. The molecule has 0 amide bonds. The second kappa shape index (κ2) is 4.97. The smallest absolute Gasteiger partial charge is 0.330 e. The highest BCUT2D eigenvalue weighted by molar-refractivity contribution is 6.33. The van der Waals surface area contributed by atoms with Gasteiger partial charge in [0.25, 0.3) is 0 Å². The molecule has 0 saturated carbocycles. The summed E-state index contributed by atoms with van der Waals surface area (Å²) in [7, 11) is 0. The quantitative estimate of drug-likeness (QED) is 0.946. The number of hydrogen-bond donors (Lipinski definition) is 1. The number of rotatable bonds is 3. The fourth-order valence-electron chi connectivity index (χ4n) is 1.84. The van der Waals surface area contributed by atoms with Crippen molar-refractivity contribution in [3.8, 4) is 0 Å². The number of pyridine rings is 1. The molecule has 2 rings (SSSR count). The Bertz CT molecular complexity index is 593. The monoisotopic (exact) mass is 292 g/mol. The molecule has 2 N–H and O–H groups in total. The van der Waals surface area contributed by atoms with Crippen LogP contribution in [-0.4, -0.2) is 21.1 Å². The van der Waals surface area contributed by atoms with E-state index in [-0.39, 0.29) is 16.6 Å². The van der Waals surface area contributed by atoms with Gasteiger partial charge in [-0.15, -0.1) is 10.2 Å². The van der Waals surface area contributed by atoms with Gasteiger partial charge in [0.15, 0.2) is 5.65 Å². The van der Waals surface area contributed by atoms with E-state index < -0.39 is 11.7 Å². The summed E-state index contributed by atoms with van der Waals surface area (Å²) in [5.41, 5.74) is 4.83. The summed E-state index contributed by atoms with van der Waals surface area (Å²) >= 11 is 5.82. The van der Waals surface area contributed by atoms with Crippen LogP contribution in [0.15, 0.2) is 12.3 Å². The van der Waals surface area contributed by atoms with Crippen LogP contribution in [0.2, 0.25) is 5.02 Å². The predicted molar refractivity (Wildman–Crippen MR) is 65.1 cm³/mol.